The van der Waals surface area contributed by atoms with E-state index in [1.54, 1.807) is 6.92 Å². The quantitative estimate of drug-likeness (QED) is 0.710. The maximum atomic E-state index is 13.1. The first kappa shape index (κ1) is 20.2. The van der Waals surface area contributed by atoms with Gasteiger partial charge in [0.05, 0.1) is 0 Å². The van der Waals surface area contributed by atoms with Crippen LogP contribution in [0.15, 0.2) is 28.8 Å². The Balaban J connectivity index is 1.16. The third-order valence-corrected chi connectivity index (χ3v) is 7.41. The van der Waals surface area contributed by atoms with Crippen LogP contribution in [0, 0.1) is 30.1 Å². The van der Waals surface area contributed by atoms with Crippen LogP contribution in [0.5, 0.6) is 0 Å². The summed E-state index contributed by atoms with van der Waals surface area (Å²) in [7, 11) is 0. The van der Waals surface area contributed by atoms with Crippen LogP contribution in [-0.4, -0.2) is 28.1 Å². The molecule has 4 fully saturated rings. The van der Waals surface area contributed by atoms with Crippen molar-refractivity contribution in [3.05, 3.63) is 35.7 Å². The van der Waals surface area contributed by atoms with Gasteiger partial charge in [-0.25, -0.2) is 4.79 Å². The molecule has 7 heteroatoms. The van der Waals surface area contributed by atoms with Gasteiger partial charge in [0.25, 0.3) is 5.89 Å². The Labute approximate surface area is 181 Å². The highest BCUT2D eigenvalue weighted by Gasteiger charge is 2.54. The maximum Gasteiger partial charge on any atom is 0.328 e. The van der Waals surface area contributed by atoms with Crippen LogP contribution < -0.4 is 5.32 Å². The van der Waals surface area contributed by atoms with E-state index < -0.39 is 12.0 Å². The Hall–Kier alpha value is -2.70. The summed E-state index contributed by atoms with van der Waals surface area (Å²) in [5.41, 5.74) is 1.63. The van der Waals surface area contributed by atoms with Gasteiger partial charge in [0.2, 0.25) is 11.7 Å². The highest BCUT2D eigenvalue weighted by molar-refractivity contribution is 5.88. The van der Waals surface area contributed by atoms with Crippen LogP contribution in [0.3, 0.4) is 0 Å². The van der Waals surface area contributed by atoms with Gasteiger partial charge in [-0.1, -0.05) is 29.4 Å². The molecular formula is C24H29N3O4. The van der Waals surface area contributed by atoms with E-state index in [1.165, 1.54) is 19.3 Å². The molecule has 0 spiro atoms. The molecule has 0 saturated heterocycles. The Kier molecular flexibility index (Phi) is 5.07. The number of rotatable bonds is 6. The zero-order valence-corrected chi connectivity index (χ0v) is 18.1. The standard InChI is InChI=1S/C24H29N3O4/c1-14-5-3-4-6-19(14)21-26-20(31-27-21)13-30-22(28)15(2)25-23(29)24-10-16-7-17(11-24)9-18(8-16)12-24/h3-6,15-18H,7-13H2,1-2H3,(H,25,29)/t15-,16?,17?,18?,24?/m0/s1. The molecule has 1 aromatic carbocycles. The third kappa shape index (κ3) is 3.86. The zero-order chi connectivity index (χ0) is 21.6. The zero-order valence-electron chi connectivity index (χ0n) is 18.1. The molecule has 4 aliphatic carbocycles. The predicted octanol–water partition coefficient (Wildman–Crippen LogP) is 3.81. The summed E-state index contributed by atoms with van der Waals surface area (Å²) >= 11 is 0. The molecule has 0 unspecified atom stereocenters. The monoisotopic (exact) mass is 423 g/mol. The van der Waals surface area contributed by atoms with Crippen molar-refractivity contribution in [1.82, 2.24) is 15.5 Å². The Morgan fingerprint density at radius 2 is 1.81 bits per heavy atom. The number of aryl methyl sites for hydroxylation is 1. The van der Waals surface area contributed by atoms with E-state index >= 15 is 0 Å². The van der Waals surface area contributed by atoms with Crippen LogP contribution in [-0.2, 0) is 20.9 Å². The van der Waals surface area contributed by atoms with Crippen LogP contribution in [0.2, 0.25) is 0 Å². The Morgan fingerprint density at radius 1 is 1.16 bits per heavy atom. The second-order valence-corrected chi connectivity index (χ2v) is 9.83. The molecule has 1 atom stereocenters. The molecule has 31 heavy (non-hydrogen) atoms. The van der Waals surface area contributed by atoms with Crippen molar-refractivity contribution >= 4 is 11.9 Å². The number of carbonyl (C=O) groups excluding carboxylic acids is 2. The van der Waals surface area contributed by atoms with Crippen molar-refractivity contribution in [2.75, 3.05) is 0 Å². The third-order valence-electron chi connectivity index (χ3n) is 7.41. The first-order valence-corrected chi connectivity index (χ1v) is 11.3. The number of aromatic nitrogens is 2. The van der Waals surface area contributed by atoms with Crippen LogP contribution in [0.1, 0.15) is 56.9 Å². The summed E-state index contributed by atoms with van der Waals surface area (Å²) in [6.07, 6.45) is 6.74. The van der Waals surface area contributed by atoms with Gasteiger partial charge in [0, 0.05) is 11.0 Å². The lowest BCUT2D eigenvalue weighted by Gasteiger charge is -2.55. The summed E-state index contributed by atoms with van der Waals surface area (Å²) in [6.45, 7) is 3.53. The molecule has 2 aromatic rings. The highest BCUT2D eigenvalue weighted by Crippen LogP contribution is 2.60. The van der Waals surface area contributed by atoms with E-state index in [9.17, 15) is 9.59 Å². The van der Waals surface area contributed by atoms with E-state index in [0.717, 1.165) is 30.4 Å². The number of amides is 1. The minimum absolute atomic E-state index is 0.0238. The van der Waals surface area contributed by atoms with Crippen molar-refractivity contribution in [2.24, 2.45) is 23.2 Å². The number of hydrogen-bond donors (Lipinski definition) is 1. The molecule has 164 valence electrons. The number of hydrogen-bond acceptors (Lipinski definition) is 6. The normalized spacial score (nSPS) is 29.5. The Morgan fingerprint density at radius 3 is 2.45 bits per heavy atom. The first-order valence-electron chi connectivity index (χ1n) is 11.3. The molecule has 1 aromatic heterocycles. The molecular weight excluding hydrogens is 394 g/mol. The minimum atomic E-state index is -0.709. The largest absolute Gasteiger partial charge is 0.454 e. The second kappa shape index (κ2) is 7.77. The molecule has 0 aliphatic heterocycles. The van der Waals surface area contributed by atoms with Crippen molar-refractivity contribution in [3.8, 4) is 11.4 Å². The molecule has 6 rings (SSSR count). The predicted molar refractivity (Wildman–Crippen MR) is 112 cm³/mol. The number of carbonyl (C=O) groups is 2. The average Bonchev–Trinajstić information content (AvgIpc) is 3.20. The molecule has 4 aliphatic rings. The fourth-order valence-corrected chi connectivity index (χ4v) is 6.30. The van der Waals surface area contributed by atoms with Crippen molar-refractivity contribution < 1.29 is 18.8 Å². The van der Waals surface area contributed by atoms with Gasteiger partial charge in [-0.05, 0) is 75.7 Å². The minimum Gasteiger partial charge on any atom is -0.454 e. The van der Waals surface area contributed by atoms with Gasteiger partial charge in [-0.2, -0.15) is 4.98 Å². The van der Waals surface area contributed by atoms with Crippen molar-refractivity contribution in [2.45, 2.75) is 65.0 Å². The lowest BCUT2D eigenvalue weighted by Crippen LogP contribution is -2.55. The van der Waals surface area contributed by atoms with Gasteiger partial charge in [0.15, 0.2) is 6.61 Å². The fraction of sp³-hybridized carbons (Fsp3) is 0.583. The van der Waals surface area contributed by atoms with E-state index in [4.69, 9.17) is 9.26 Å². The average molecular weight is 424 g/mol. The number of nitrogens with one attached hydrogen (secondary N) is 1. The van der Waals surface area contributed by atoms with Gasteiger partial charge in [0.1, 0.15) is 6.04 Å². The molecule has 1 N–H and O–H groups in total. The molecule has 0 radical (unpaired) electrons. The fourth-order valence-electron chi connectivity index (χ4n) is 6.30. The Bertz CT molecular complexity index is 963. The second-order valence-electron chi connectivity index (χ2n) is 9.83. The van der Waals surface area contributed by atoms with Crippen LogP contribution in [0.4, 0.5) is 0 Å². The summed E-state index contributed by atoms with van der Waals surface area (Å²) in [5.74, 6) is 2.26. The van der Waals surface area contributed by atoms with Gasteiger partial charge in [-0.15, -0.1) is 0 Å². The number of ether oxygens (including phenoxy) is 1. The molecule has 4 saturated carbocycles. The van der Waals surface area contributed by atoms with Gasteiger partial charge >= 0.3 is 5.97 Å². The van der Waals surface area contributed by atoms with E-state index in [1.807, 2.05) is 31.2 Å². The lowest BCUT2D eigenvalue weighted by molar-refractivity contribution is -0.154. The van der Waals surface area contributed by atoms with E-state index in [-0.39, 0.29) is 23.8 Å². The maximum absolute atomic E-state index is 13.1. The van der Waals surface area contributed by atoms with Crippen molar-refractivity contribution in [3.63, 3.8) is 0 Å². The first-order chi connectivity index (χ1) is 14.9. The molecule has 4 bridgehead atoms. The smallest absolute Gasteiger partial charge is 0.328 e. The van der Waals surface area contributed by atoms with Crippen molar-refractivity contribution in [1.29, 1.82) is 0 Å². The topological polar surface area (TPSA) is 94.3 Å². The molecule has 7 nitrogen and oxygen atoms in total. The summed E-state index contributed by atoms with van der Waals surface area (Å²) in [4.78, 5) is 29.9. The molecule has 1 heterocycles. The van der Waals surface area contributed by atoms with Gasteiger partial charge in [-0.3, -0.25) is 4.79 Å². The van der Waals surface area contributed by atoms with Gasteiger partial charge < -0.3 is 14.6 Å². The van der Waals surface area contributed by atoms with E-state index in [0.29, 0.717) is 23.6 Å². The summed E-state index contributed by atoms with van der Waals surface area (Å²) in [5, 5.41) is 6.91. The SMILES string of the molecule is Cc1ccccc1-c1noc(COC(=O)[C@H](C)NC(=O)C23CC4CC(CC(C4)C2)C3)n1. The highest BCUT2D eigenvalue weighted by atomic mass is 16.6. The summed E-state index contributed by atoms with van der Waals surface area (Å²) < 4.78 is 10.6. The van der Waals surface area contributed by atoms with Crippen LogP contribution in [0.25, 0.3) is 11.4 Å². The number of benzene rings is 1. The lowest BCUT2D eigenvalue weighted by atomic mass is 9.49. The molecule has 1 amide bonds. The number of esters is 1. The van der Waals surface area contributed by atoms with Crippen LogP contribution >= 0.6 is 0 Å². The van der Waals surface area contributed by atoms with E-state index in [2.05, 4.69) is 15.5 Å². The number of nitrogens with zero attached hydrogens (tertiary/aromatic N) is 2. The summed E-state index contributed by atoms with van der Waals surface area (Å²) in [6, 6.07) is 7.03.